The highest BCUT2D eigenvalue weighted by molar-refractivity contribution is 6.31. The Morgan fingerprint density at radius 2 is 2.24 bits per heavy atom. The Morgan fingerprint density at radius 1 is 1.48 bits per heavy atom. The van der Waals surface area contributed by atoms with Gasteiger partial charge in [0.15, 0.2) is 0 Å². The van der Waals surface area contributed by atoms with Crippen LogP contribution in [0.1, 0.15) is 24.6 Å². The Balaban J connectivity index is 2.35. The summed E-state index contributed by atoms with van der Waals surface area (Å²) in [5.41, 5.74) is 2.61. The van der Waals surface area contributed by atoms with Gasteiger partial charge in [-0.1, -0.05) is 18.5 Å². The minimum atomic E-state index is -0.393. The quantitative estimate of drug-likeness (QED) is 0.653. The SMILES string of the molecule is CCCNc1ccc([N+](=O)[O-])cc1Cn1ncc(Cl)c1C. The Labute approximate surface area is 127 Å². The van der Waals surface area contributed by atoms with Gasteiger partial charge >= 0.3 is 0 Å². The molecule has 0 atom stereocenters. The van der Waals surface area contributed by atoms with E-state index in [9.17, 15) is 10.1 Å². The van der Waals surface area contributed by atoms with Crippen LogP contribution in [0.15, 0.2) is 24.4 Å². The summed E-state index contributed by atoms with van der Waals surface area (Å²) in [7, 11) is 0. The molecule has 7 heteroatoms. The number of nitro benzene ring substituents is 1. The summed E-state index contributed by atoms with van der Waals surface area (Å²) in [6.07, 6.45) is 2.55. The second kappa shape index (κ2) is 6.58. The highest BCUT2D eigenvalue weighted by Gasteiger charge is 2.13. The molecule has 0 aliphatic heterocycles. The molecule has 0 saturated heterocycles. The third kappa shape index (κ3) is 3.52. The smallest absolute Gasteiger partial charge is 0.269 e. The molecule has 0 unspecified atom stereocenters. The normalized spacial score (nSPS) is 10.6. The number of hydrogen-bond acceptors (Lipinski definition) is 4. The Bertz CT molecular complexity index is 654. The van der Waals surface area contributed by atoms with Crippen LogP contribution in [-0.4, -0.2) is 21.2 Å². The van der Waals surface area contributed by atoms with E-state index in [2.05, 4.69) is 17.3 Å². The van der Waals surface area contributed by atoms with Crippen molar-refractivity contribution in [1.82, 2.24) is 9.78 Å². The van der Waals surface area contributed by atoms with Gasteiger partial charge in [-0.05, 0) is 19.4 Å². The van der Waals surface area contributed by atoms with E-state index < -0.39 is 4.92 Å². The lowest BCUT2D eigenvalue weighted by Crippen LogP contribution is -2.09. The third-order valence-electron chi connectivity index (χ3n) is 3.23. The van der Waals surface area contributed by atoms with Crippen molar-refractivity contribution in [3.63, 3.8) is 0 Å². The van der Waals surface area contributed by atoms with Gasteiger partial charge < -0.3 is 5.32 Å². The number of aromatic nitrogens is 2. The molecule has 1 aromatic carbocycles. The average molecular weight is 309 g/mol. The standard InChI is InChI=1S/C14H17ClN4O2/c1-3-6-16-14-5-4-12(19(20)21)7-11(14)9-18-10(2)13(15)8-17-18/h4-5,7-8,16H,3,6,9H2,1-2H3. The van der Waals surface area contributed by atoms with Gasteiger partial charge in [-0.2, -0.15) is 5.10 Å². The average Bonchev–Trinajstić information content (AvgIpc) is 2.77. The second-order valence-electron chi connectivity index (χ2n) is 4.76. The van der Waals surface area contributed by atoms with Crippen molar-refractivity contribution in [2.45, 2.75) is 26.8 Å². The van der Waals surface area contributed by atoms with Crippen LogP contribution in [0.25, 0.3) is 0 Å². The van der Waals surface area contributed by atoms with Crippen molar-refractivity contribution in [3.8, 4) is 0 Å². The molecule has 0 radical (unpaired) electrons. The van der Waals surface area contributed by atoms with Gasteiger partial charge in [0.25, 0.3) is 5.69 Å². The van der Waals surface area contributed by atoms with Gasteiger partial charge in [-0.25, -0.2) is 0 Å². The van der Waals surface area contributed by atoms with Crippen LogP contribution in [-0.2, 0) is 6.54 Å². The number of anilines is 1. The topological polar surface area (TPSA) is 73.0 Å². The summed E-state index contributed by atoms with van der Waals surface area (Å²) in [5.74, 6) is 0. The first-order chi connectivity index (χ1) is 10.0. The minimum Gasteiger partial charge on any atom is -0.385 e. The number of halogens is 1. The van der Waals surface area contributed by atoms with Gasteiger partial charge in [-0.15, -0.1) is 0 Å². The minimum absolute atomic E-state index is 0.0722. The number of benzene rings is 1. The molecule has 1 heterocycles. The molecule has 1 N–H and O–H groups in total. The number of rotatable bonds is 6. The fraction of sp³-hybridized carbons (Fsp3) is 0.357. The molecule has 2 rings (SSSR count). The zero-order valence-corrected chi connectivity index (χ0v) is 12.7. The van der Waals surface area contributed by atoms with E-state index in [1.807, 2.05) is 6.92 Å². The predicted molar refractivity (Wildman–Crippen MR) is 83.0 cm³/mol. The predicted octanol–water partition coefficient (Wildman–Crippen LogP) is 3.62. The second-order valence-corrected chi connectivity index (χ2v) is 5.17. The first-order valence-corrected chi connectivity index (χ1v) is 7.09. The molecular weight excluding hydrogens is 292 g/mol. The van der Waals surface area contributed by atoms with E-state index in [1.165, 1.54) is 6.07 Å². The van der Waals surface area contributed by atoms with Gasteiger partial charge in [0, 0.05) is 29.9 Å². The Morgan fingerprint density at radius 3 is 2.81 bits per heavy atom. The molecule has 0 amide bonds. The first-order valence-electron chi connectivity index (χ1n) is 6.72. The van der Waals surface area contributed by atoms with E-state index >= 15 is 0 Å². The molecule has 21 heavy (non-hydrogen) atoms. The molecule has 0 bridgehead atoms. The molecule has 0 spiro atoms. The van der Waals surface area contributed by atoms with Gasteiger partial charge in [0.1, 0.15) is 0 Å². The molecule has 1 aromatic heterocycles. The summed E-state index contributed by atoms with van der Waals surface area (Å²) in [6.45, 7) is 5.18. The van der Waals surface area contributed by atoms with Crippen LogP contribution >= 0.6 is 11.6 Å². The zero-order valence-electron chi connectivity index (χ0n) is 12.0. The maximum Gasteiger partial charge on any atom is 0.269 e. The molecule has 2 aromatic rings. The molecule has 0 fully saturated rings. The van der Waals surface area contributed by atoms with Crippen molar-refractivity contribution in [2.75, 3.05) is 11.9 Å². The highest BCUT2D eigenvalue weighted by atomic mass is 35.5. The molecule has 0 aliphatic rings. The summed E-state index contributed by atoms with van der Waals surface area (Å²) >= 11 is 5.99. The Kier molecular flexibility index (Phi) is 4.80. The van der Waals surface area contributed by atoms with E-state index in [4.69, 9.17) is 11.6 Å². The van der Waals surface area contributed by atoms with Crippen molar-refractivity contribution < 1.29 is 4.92 Å². The van der Waals surface area contributed by atoms with E-state index in [0.29, 0.717) is 11.6 Å². The maximum absolute atomic E-state index is 10.9. The fourth-order valence-electron chi connectivity index (χ4n) is 2.00. The zero-order chi connectivity index (χ0) is 15.4. The van der Waals surface area contributed by atoms with Crippen LogP contribution in [0.3, 0.4) is 0 Å². The lowest BCUT2D eigenvalue weighted by molar-refractivity contribution is -0.384. The largest absolute Gasteiger partial charge is 0.385 e. The number of nitro groups is 1. The maximum atomic E-state index is 10.9. The summed E-state index contributed by atoms with van der Waals surface area (Å²) < 4.78 is 1.73. The van der Waals surface area contributed by atoms with Crippen molar-refractivity contribution in [2.24, 2.45) is 0 Å². The van der Waals surface area contributed by atoms with Crippen molar-refractivity contribution in [3.05, 3.63) is 50.8 Å². The monoisotopic (exact) mass is 308 g/mol. The molecular formula is C14H17ClN4O2. The third-order valence-corrected chi connectivity index (χ3v) is 3.60. The molecule has 0 saturated carbocycles. The van der Waals surface area contributed by atoms with Crippen LogP contribution in [0.2, 0.25) is 5.02 Å². The summed E-state index contributed by atoms with van der Waals surface area (Å²) in [5, 5.41) is 19.0. The van der Waals surface area contributed by atoms with Crippen LogP contribution < -0.4 is 5.32 Å². The number of nitrogens with one attached hydrogen (secondary N) is 1. The van der Waals surface area contributed by atoms with Crippen LogP contribution in [0.5, 0.6) is 0 Å². The Hall–Kier alpha value is -2.08. The highest BCUT2D eigenvalue weighted by Crippen LogP contribution is 2.24. The van der Waals surface area contributed by atoms with Gasteiger partial charge in [-0.3, -0.25) is 14.8 Å². The lowest BCUT2D eigenvalue weighted by Gasteiger charge is -2.12. The number of hydrogen-bond donors (Lipinski definition) is 1. The van der Waals surface area contributed by atoms with Crippen LogP contribution in [0, 0.1) is 17.0 Å². The van der Waals surface area contributed by atoms with Gasteiger partial charge in [0.2, 0.25) is 0 Å². The number of nitrogens with zero attached hydrogens (tertiary/aromatic N) is 3. The molecule has 112 valence electrons. The summed E-state index contributed by atoms with van der Waals surface area (Å²) in [6, 6.07) is 4.82. The van der Waals surface area contributed by atoms with Gasteiger partial charge in [0.05, 0.1) is 28.4 Å². The van der Waals surface area contributed by atoms with Crippen molar-refractivity contribution >= 4 is 23.0 Å². The van der Waals surface area contributed by atoms with E-state index in [1.54, 1.807) is 23.0 Å². The molecule has 0 aliphatic carbocycles. The van der Waals surface area contributed by atoms with E-state index in [0.717, 1.165) is 29.9 Å². The van der Waals surface area contributed by atoms with Crippen molar-refractivity contribution in [1.29, 1.82) is 0 Å². The molecule has 6 nitrogen and oxygen atoms in total. The lowest BCUT2D eigenvalue weighted by atomic mass is 10.1. The summed E-state index contributed by atoms with van der Waals surface area (Å²) in [4.78, 5) is 10.6. The van der Waals surface area contributed by atoms with Crippen LogP contribution in [0.4, 0.5) is 11.4 Å². The first kappa shape index (κ1) is 15.3. The number of non-ortho nitro benzene ring substituents is 1. The fourth-order valence-corrected chi connectivity index (χ4v) is 2.14. The van der Waals surface area contributed by atoms with E-state index in [-0.39, 0.29) is 5.69 Å².